The number of urea groups is 1. The Hall–Kier alpha value is -2.30. The third kappa shape index (κ3) is 3.34. The van der Waals surface area contributed by atoms with E-state index < -0.39 is 35.3 Å². The fourth-order valence-electron chi connectivity index (χ4n) is 3.83. The standard InChI is InChI=1S/C19H14Br2N4O3S/c20-11-5-1-3-9(7-11)13-19(15(26)24-17(28)25-16(19)27)14(23-18(29)22-13)10-4-2-6-12(21)8-10/h1-8,13-14H,(H2,22,23,29)(H2,24,25,26,27,28)/t13-,14-/m1/s1. The molecular weight excluding hydrogens is 524 g/mol. The van der Waals surface area contributed by atoms with Crippen molar-refractivity contribution < 1.29 is 14.4 Å². The van der Waals surface area contributed by atoms with E-state index in [0.717, 1.165) is 8.95 Å². The molecule has 29 heavy (non-hydrogen) atoms. The van der Waals surface area contributed by atoms with Gasteiger partial charge in [-0.3, -0.25) is 20.2 Å². The number of benzene rings is 2. The number of halogens is 2. The maximum atomic E-state index is 13.3. The minimum absolute atomic E-state index is 0.295. The maximum Gasteiger partial charge on any atom is 0.328 e. The van der Waals surface area contributed by atoms with Crippen LogP contribution in [0.4, 0.5) is 4.79 Å². The fraction of sp³-hybridized carbons (Fsp3) is 0.158. The highest BCUT2D eigenvalue weighted by Gasteiger charge is 2.63. The normalized spacial score (nSPS) is 23.1. The van der Waals surface area contributed by atoms with Gasteiger partial charge in [-0.1, -0.05) is 56.1 Å². The van der Waals surface area contributed by atoms with Gasteiger partial charge >= 0.3 is 6.03 Å². The first-order chi connectivity index (χ1) is 13.8. The summed E-state index contributed by atoms with van der Waals surface area (Å²) in [6.07, 6.45) is 0. The summed E-state index contributed by atoms with van der Waals surface area (Å²) in [5, 5.41) is 10.9. The van der Waals surface area contributed by atoms with Crippen LogP contribution in [-0.4, -0.2) is 23.0 Å². The minimum Gasteiger partial charge on any atom is -0.354 e. The number of carbonyl (C=O) groups is 3. The van der Waals surface area contributed by atoms with Gasteiger partial charge in [-0.15, -0.1) is 0 Å². The van der Waals surface area contributed by atoms with Gasteiger partial charge in [0.25, 0.3) is 0 Å². The molecule has 2 aliphatic heterocycles. The Balaban J connectivity index is 1.96. The molecule has 4 amide bonds. The highest BCUT2D eigenvalue weighted by Crippen LogP contribution is 2.48. The van der Waals surface area contributed by atoms with Crippen molar-refractivity contribution in [1.29, 1.82) is 0 Å². The Morgan fingerprint density at radius 3 is 1.66 bits per heavy atom. The average molecular weight is 538 g/mol. The maximum absolute atomic E-state index is 13.3. The van der Waals surface area contributed by atoms with Gasteiger partial charge in [0, 0.05) is 8.95 Å². The highest BCUT2D eigenvalue weighted by atomic mass is 79.9. The van der Waals surface area contributed by atoms with Crippen LogP contribution in [0.25, 0.3) is 0 Å². The Morgan fingerprint density at radius 2 is 1.24 bits per heavy atom. The Kier molecular flexibility index (Phi) is 5.18. The molecular formula is C19H14Br2N4O3S. The lowest BCUT2D eigenvalue weighted by Gasteiger charge is -2.49. The first-order valence-electron chi connectivity index (χ1n) is 8.57. The van der Waals surface area contributed by atoms with Crippen molar-refractivity contribution >= 4 is 67.0 Å². The molecule has 2 atom stereocenters. The quantitative estimate of drug-likeness (QED) is 0.347. The van der Waals surface area contributed by atoms with Gasteiger partial charge in [-0.25, -0.2) is 4.79 Å². The summed E-state index contributed by atoms with van der Waals surface area (Å²) in [7, 11) is 0. The Morgan fingerprint density at radius 1 is 0.793 bits per heavy atom. The molecule has 0 bridgehead atoms. The lowest BCUT2D eigenvalue weighted by molar-refractivity contribution is -0.149. The molecule has 1 spiro atoms. The lowest BCUT2D eigenvalue weighted by Crippen LogP contribution is -2.73. The average Bonchev–Trinajstić information content (AvgIpc) is 2.66. The fourth-order valence-corrected chi connectivity index (χ4v) is 4.90. The third-order valence-corrected chi connectivity index (χ3v) is 6.25. The molecule has 2 aromatic rings. The predicted molar refractivity (Wildman–Crippen MR) is 117 cm³/mol. The van der Waals surface area contributed by atoms with Crippen molar-refractivity contribution in [2.24, 2.45) is 5.41 Å². The lowest BCUT2D eigenvalue weighted by atomic mass is 9.66. The van der Waals surface area contributed by atoms with E-state index in [1.165, 1.54) is 0 Å². The number of hydrogen-bond donors (Lipinski definition) is 4. The Labute approximate surface area is 188 Å². The topological polar surface area (TPSA) is 99.3 Å². The van der Waals surface area contributed by atoms with Crippen molar-refractivity contribution in [3.05, 3.63) is 68.6 Å². The summed E-state index contributed by atoms with van der Waals surface area (Å²) in [5.41, 5.74) is -0.372. The van der Waals surface area contributed by atoms with Crippen LogP contribution in [-0.2, 0) is 9.59 Å². The van der Waals surface area contributed by atoms with Gasteiger partial charge in [0.15, 0.2) is 10.5 Å². The van der Waals surface area contributed by atoms with E-state index in [-0.39, 0.29) is 0 Å². The summed E-state index contributed by atoms with van der Waals surface area (Å²) in [6.45, 7) is 0. The monoisotopic (exact) mass is 536 g/mol. The molecule has 7 nitrogen and oxygen atoms in total. The first-order valence-corrected chi connectivity index (χ1v) is 10.6. The van der Waals surface area contributed by atoms with Gasteiger partial charge in [-0.05, 0) is 47.6 Å². The van der Waals surface area contributed by atoms with E-state index in [1.54, 1.807) is 24.3 Å². The molecule has 0 saturated carbocycles. The summed E-state index contributed by atoms with van der Waals surface area (Å²) in [4.78, 5) is 38.4. The molecule has 0 aliphatic carbocycles. The number of thiocarbonyl (C=S) groups is 1. The zero-order valence-corrected chi connectivity index (χ0v) is 18.7. The second kappa shape index (κ2) is 7.51. The molecule has 4 rings (SSSR count). The minimum atomic E-state index is -1.71. The van der Waals surface area contributed by atoms with E-state index in [9.17, 15) is 14.4 Å². The smallest absolute Gasteiger partial charge is 0.328 e. The summed E-state index contributed by atoms with van der Waals surface area (Å²) in [5.74, 6) is -1.41. The molecule has 0 radical (unpaired) electrons. The van der Waals surface area contributed by atoms with Crippen LogP contribution >= 0.6 is 44.1 Å². The molecule has 4 N–H and O–H groups in total. The zero-order valence-electron chi connectivity index (χ0n) is 14.7. The Bertz CT molecular complexity index is 982. The van der Waals surface area contributed by atoms with Crippen LogP contribution in [0.5, 0.6) is 0 Å². The molecule has 0 unspecified atom stereocenters. The van der Waals surface area contributed by atoms with Crippen molar-refractivity contribution in [3.63, 3.8) is 0 Å². The molecule has 10 heteroatoms. The molecule has 0 aromatic heterocycles. The van der Waals surface area contributed by atoms with E-state index in [2.05, 4.69) is 53.1 Å². The van der Waals surface area contributed by atoms with Crippen molar-refractivity contribution in [3.8, 4) is 0 Å². The number of barbiturate groups is 1. The number of imide groups is 2. The van der Waals surface area contributed by atoms with Crippen molar-refractivity contribution in [2.75, 3.05) is 0 Å². The van der Waals surface area contributed by atoms with Crippen LogP contribution in [0.3, 0.4) is 0 Å². The van der Waals surface area contributed by atoms with Crippen LogP contribution in [0.1, 0.15) is 23.2 Å². The number of amides is 4. The number of carbonyl (C=O) groups excluding carboxylic acids is 3. The van der Waals surface area contributed by atoms with E-state index in [1.807, 2.05) is 24.3 Å². The van der Waals surface area contributed by atoms with Crippen molar-refractivity contribution in [1.82, 2.24) is 21.3 Å². The summed E-state index contributed by atoms with van der Waals surface area (Å²) in [6, 6.07) is 12.0. The number of nitrogens with one attached hydrogen (secondary N) is 4. The second-order valence-corrected chi connectivity index (χ2v) is 8.94. The molecule has 2 saturated heterocycles. The third-order valence-electron chi connectivity index (χ3n) is 5.03. The zero-order chi connectivity index (χ0) is 20.8. The van der Waals surface area contributed by atoms with E-state index >= 15 is 0 Å². The SMILES string of the molecule is O=C1NC(=O)C2(C(=O)N1)[C@@H](c1cccc(Br)c1)NC(=S)N[C@@H]2c1cccc(Br)c1. The first kappa shape index (κ1) is 20.0. The van der Waals surface area contributed by atoms with Gasteiger partial charge in [0.05, 0.1) is 12.1 Å². The molecule has 2 aromatic carbocycles. The molecule has 2 heterocycles. The molecule has 148 valence electrons. The predicted octanol–water partition coefficient (Wildman–Crippen LogP) is 2.82. The van der Waals surface area contributed by atoms with Gasteiger partial charge in [0.1, 0.15) is 0 Å². The van der Waals surface area contributed by atoms with Crippen molar-refractivity contribution in [2.45, 2.75) is 12.1 Å². The number of hydrogen-bond acceptors (Lipinski definition) is 4. The summed E-state index contributed by atoms with van der Waals surface area (Å²) >= 11 is 12.3. The molecule has 2 fully saturated rings. The number of rotatable bonds is 2. The largest absolute Gasteiger partial charge is 0.354 e. The highest BCUT2D eigenvalue weighted by molar-refractivity contribution is 9.10. The van der Waals surface area contributed by atoms with Gasteiger partial charge in [-0.2, -0.15) is 0 Å². The van der Waals surface area contributed by atoms with Crippen LogP contribution in [0.15, 0.2) is 57.5 Å². The van der Waals surface area contributed by atoms with Gasteiger partial charge < -0.3 is 10.6 Å². The van der Waals surface area contributed by atoms with E-state index in [0.29, 0.717) is 16.2 Å². The molecule has 2 aliphatic rings. The summed E-state index contributed by atoms with van der Waals surface area (Å²) < 4.78 is 1.56. The second-order valence-electron chi connectivity index (χ2n) is 6.70. The van der Waals surface area contributed by atoms with Crippen LogP contribution in [0.2, 0.25) is 0 Å². The van der Waals surface area contributed by atoms with E-state index in [4.69, 9.17) is 12.2 Å². The van der Waals surface area contributed by atoms with Gasteiger partial charge in [0.2, 0.25) is 11.8 Å². The van der Waals surface area contributed by atoms with Crippen LogP contribution in [0, 0.1) is 5.41 Å². The van der Waals surface area contributed by atoms with Crippen LogP contribution < -0.4 is 21.3 Å².